The minimum Gasteiger partial charge on any atom is -0.493 e. The molecule has 0 amide bonds. The maximum atomic E-state index is 5.81. The predicted octanol–water partition coefficient (Wildman–Crippen LogP) is 5.97. The lowest BCUT2D eigenvalue weighted by Crippen LogP contribution is -2.19. The van der Waals surface area contributed by atoms with E-state index in [0.717, 1.165) is 32.1 Å². The Labute approximate surface area is 161 Å². The molecule has 3 heteroatoms. The average Bonchev–Trinajstić information content (AvgIpc) is 2.54. The molecule has 0 bridgehead atoms. The SMILES string of the molecule is CC(C)(C)COc1ccc(CNCCCCCCCOC(C)(C)C)cc1. The van der Waals surface area contributed by atoms with Crippen LogP contribution in [0.2, 0.25) is 0 Å². The van der Waals surface area contributed by atoms with Crippen LogP contribution in [0.15, 0.2) is 24.3 Å². The molecule has 0 aliphatic heterocycles. The van der Waals surface area contributed by atoms with E-state index < -0.39 is 0 Å². The first kappa shape index (κ1) is 23.0. The quantitative estimate of drug-likeness (QED) is 0.464. The summed E-state index contributed by atoms with van der Waals surface area (Å²) in [6.07, 6.45) is 6.28. The second kappa shape index (κ2) is 11.6. The molecule has 0 fully saturated rings. The first-order valence-electron chi connectivity index (χ1n) is 10.2. The number of ether oxygens (including phenoxy) is 2. The van der Waals surface area contributed by atoms with Crippen LogP contribution in [0.3, 0.4) is 0 Å². The number of nitrogens with one attached hydrogen (secondary N) is 1. The fourth-order valence-corrected chi connectivity index (χ4v) is 2.50. The zero-order chi connectivity index (χ0) is 19.5. The third-order valence-corrected chi connectivity index (χ3v) is 3.96. The maximum absolute atomic E-state index is 5.81. The summed E-state index contributed by atoms with van der Waals surface area (Å²) < 4.78 is 11.6. The van der Waals surface area contributed by atoms with Gasteiger partial charge in [0.1, 0.15) is 5.75 Å². The summed E-state index contributed by atoms with van der Waals surface area (Å²) in [5, 5.41) is 3.53. The Hall–Kier alpha value is -1.06. The van der Waals surface area contributed by atoms with Gasteiger partial charge in [-0.15, -0.1) is 0 Å². The van der Waals surface area contributed by atoms with E-state index in [0.29, 0.717) is 0 Å². The molecular weight excluding hydrogens is 322 g/mol. The van der Waals surface area contributed by atoms with Crippen molar-refractivity contribution in [1.82, 2.24) is 5.32 Å². The maximum Gasteiger partial charge on any atom is 0.119 e. The summed E-state index contributed by atoms with van der Waals surface area (Å²) in [6.45, 7) is 16.5. The molecular formula is C23H41NO2. The molecule has 0 saturated carbocycles. The van der Waals surface area contributed by atoms with Crippen LogP contribution in [-0.4, -0.2) is 25.4 Å². The Balaban J connectivity index is 2.01. The highest BCUT2D eigenvalue weighted by molar-refractivity contribution is 5.27. The van der Waals surface area contributed by atoms with E-state index in [4.69, 9.17) is 9.47 Å². The van der Waals surface area contributed by atoms with Gasteiger partial charge in [-0.25, -0.2) is 0 Å². The van der Waals surface area contributed by atoms with E-state index in [9.17, 15) is 0 Å². The number of benzene rings is 1. The molecule has 0 spiro atoms. The van der Waals surface area contributed by atoms with Gasteiger partial charge in [0.2, 0.25) is 0 Å². The van der Waals surface area contributed by atoms with Crippen LogP contribution in [0, 0.1) is 5.41 Å². The van der Waals surface area contributed by atoms with Crippen molar-refractivity contribution >= 4 is 0 Å². The monoisotopic (exact) mass is 363 g/mol. The number of rotatable bonds is 12. The zero-order valence-electron chi connectivity index (χ0n) is 18.0. The minimum atomic E-state index is 0.000831. The average molecular weight is 364 g/mol. The summed E-state index contributed by atoms with van der Waals surface area (Å²) in [5.41, 5.74) is 1.51. The van der Waals surface area contributed by atoms with Gasteiger partial charge >= 0.3 is 0 Å². The smallest absolute Gasteiger partial charge is 0.119 e. The van der Waals surface area contributed by atoms with E-state index in [2.05, 4.69) is 71.1 Å². The molecule has 0 saturated heterocycles. The Kier molecular flexibility index (Phi) is 10.3. The van der Waals surface area contributed by atoms with E-state index in [1.165, 1.54) is 37.7 Å². The summed E-state index contributed by atoms with van der Waals surface area (Å²) >= 11 is 0. The fraction of sp³-hybridized carbons (Fsp3) is 0.739. The van der Waals surface area contributed by atoms with Gasteiger partial charge in [-0.1, -0.05) is 52.2 Å². The van der Waals surface area contributed by atoms with Gasteiger partial charge in [0.05, 0.1) is 12.2 Å². The number of hydrogen-bond acceptors (Lipinski definition) is 3. The van der Waals surface area contributed by atoms with Gasteiger partial charge in [-0.05, 0) is 63.3 Å². The van der Waals surface area contributed by atoms with Gasteiger partial charge in [0.25, 0.3) is 0 Å². The van der Waals surface area contributed by atoms with Crippen LogP contribution in [0.1, 0.15) is 79.2 Å². The summed E-state index contributed by atoms with van der Waals surface area (Å²) in [5.74, 6) is 0.958. The molecule has 150 valence electrons. The molecule has 0 aromatic heterocycles. The summed E-state index contributed by atoms with van der Waals surface area (Å²) in [7, 11) is 0. The molecule has 3 nitrogen and oxygen atoms in total. The number of hydrogen-bond donors (Lipinski definition) is 1. The Bertz CT molecular complexity index is 468. The van der Waals surface area contributed by atoms with Crippen LogP contribution in [0.5, 0.6) is 5.75 Å². The van der Waals surface area contributed by atoms with Crippen LogP contribution in [-0.2, 0) is 11.3 Å². The minimum absolute atomic E-state index is 0.000831. The molecule has 0 atom stereocenters. The third kappa shape index (κ3) is 13.2. The summed E-state index contributed by atoms with van der Waals surface area (Å²) in [4.78, 5) is 0. The van der Waals surface area contributed by atoms with E-state index in [1.54, 1.807) is 0 Å². The van der Waals surface area contributed by atoms with Crippen molar-refractivity contribution in [3.63, 3.8) is 0 Å². The second-order valence-electron chi connectivity index (χ2n) is 9.40. The summed E-state index contributed by atoms with van der Waals surface area (Å²) in [6, 6.07) is 8.45. The highest BCUT2D eigenvalue weighted by atomic mass is 16.5. The number of unbranched alkanes of at least 4 members (excludes halogenated alkanes) is 4. The molecule has 0 aliphatic carbocycles. The fourth-order valence-electron chi connectivity index (χ4n) is 2.50. The van der Waals surface area contributed by atoms with Crippen molar-refractivity contribution in [3.05, 3.63) is 29.8 Å². The molecule has 1 aromatic carbocycles. The molecule has 1 aromatic rings. The molecule has 26 heavy (non-hydrogen) atoms. The van der Waals surface area contributed by atoms with Crippen molar-refractivity contribution in [1.29, 1.82) is 0 Å². The van der Waals surface area contributed by atoms with Crippen LogP contribution >= 0.6 is 0 Å². The van der Waals surface area contributed by atoms with Gasteiger partial charge < -0.3 is 14.8 Å². The van der Waals surface area contributed by atoms with Crippen LogP contribution < -0.4 is 10.1 Å². The first-order valence-corrected chi connectivity index (χ1v) is 10.2. The molecule has 0 heterocycles. The van der Waals surface area contributed by atoms with Gasteiger partial charge in [0.15, 0.2) is 0 Å². The molecule has 1 rings (SSSR count). The first-order chi connectivity index (χ1) is 12.2. The van der Waals surface area contributed by atoms with Gasteiger partial charge in [0, 0.05) is 13.2 Å². The van der Waals surface area contributed by atoms with Crippen molar-refractivity contribution in [3.8, 4) is 5.75 Å². The van der Waals surface area contributed by atoms with Gasteiger partial charge in [-0.2, -0.15) is 0 Å². The Morgan fingerprint density at radius 1 is 0.808 bits per heavy atom. The highest BCUT2D eigenvalue weighted by Gasteiger charge is 2.11. The van der Waals surface area contributed by atoms with Crippen molar-refractivity contribution < 1.29 is 9.47 Å². The van der Waals surface area contributed by atoms with Crippen LogP contribution in [0.4, 0.5) is 0 Å². The second-order valence-corrected chi connectivity index (χ2v) is 9.40. The van der Waals surface area contributed by atoms with Crippen molar-refractivity contribution in [2.45, 2.75) is 85.8 Å². The topological polar surface area (TPSA) is 30.5 Å². The Morgan fingerprint density at radius 2 is 1.42 bits per heavy atom. The zero-order valence-corrected chi connectivity index (χ0v) is 18.0. The standard InChI is InChI=1S/C23H41NO2/c1-22(2,3)19-25-21-14-12-20(13-15-21)18-24-16-10-8-7-9-11-17-26-23(4,5)6/h12-15,24H,7-11,16-19H2,1-6H3. The van der Waals surface area contributed by atoms with E-state index in [1.807, 2.05) is 0 Å². The van der Waals surface area contributed by atoms with Gasteiger partial charge in [-0.3, -0.25) is 0 Å². The lowest BCUT2D eigenvalue weighted by molar-refractivity contribution is -0.00474. The molecule has 0 radical (unpaired) electrons. The lowest BCUT2D eigenvalue weighted by Gasteiger charge is -2.19. The van der Waals surface area contributed by atoms with E-state index in [-0.39, 0.29) is 11.0 Å². The molecule has 0 aliphatic rings. The van der Waals surface area contributed by atoms with Crippen molar-refractivity contribution in [2.75, 3.05) is 19.8 Å². The highest BCUT2D eigenvalue weighted by Crippen LogP contribution is 2.18. The van der Waals surface area contributed by atoms with Crippen LogP contribution in [0.25, 0.3) is 0 Å². The Morgan fingerprint density at radius 3 is 2.04 bits per heavy atom. The predicted molar refractivity (Wildman–Crippen MR) is 112 cm³/mol. The normalized spacial score (nSPS) is 12.4. The lowest BCUT2D eigenvalue weighted by atomic mass is 9.99. The third-order valence-electron chi connectivity index (χ3n) is 3.96. The molecule has 0 unspecified atom stereocenters. The van der Waals surface area contributed by atoms with Crippen molar-refractivity contribution in [2.24, 2.45) is 5.41 Å². The van der Waals surface area contributed by atoms with E-state index >= 15 is 0 Å². The molecule has 1 N–H and O–H groups in total. The largest absolute Gasteiger partial charge is 0.493 e.